The average Bonchev–Trinajstić information content (AvgIpc) is 3.03. The van der Waals surface area contributed by atoms with Crippen molar-refractivity contribution < 1.29 is 32.2 Å². The number of halogens is 3. The molecule has 36 heavy (non-hydrogen) atoms. The zero-order valence-electron chi connectivity index (χ0n) is 19.3. The van der Waals surface area contributed by atoms with E-state index in [4.69, 9.17) is 9.47 Å². The second-order valence-electron chi connectivity index (χ2n) is 8.58. The Balaban J connectivity index is 1.40. The molecule has 2 amide bonds. The highest BCUT2D eigenvalue weighted by Gasteiger charge is 2.33. The lowest BCUT2D eigenvalue weighted by Gasteiger charge is -2.22. The Morgan fingerprint density at radius 3 is 2.75 bits per heavy atom. The van der Waals surface area contributed by atoms with E-state index in [1.165, 1.54) is 13.2 Å². The number of fused-ring (bicyclic) bond motifs is 2. The van der Waals surface area contributed by atoms with Crippen molar-refractivity contribution >= 4 is 11.8 Å². The van der Waals surface area contributed by atoms with Crippen LogP contribution >= 0.6 is 0 Å². The van der Waals surface area contributed by atoms with Crippen molar-refractivity contribution in [3.63, 3.8) is 0 Å². The summed E-state index contributed by atoms with van der Waals surface area (Å²) in [6.07, 6.45) is -3.60. The van der Waals surface area contributed by atoms with Gasteiger partial charge in [0.25, 0.3) is 5.91 Å². The van der Waals surface area contributed by atoms with Gasteiger partial charge in [0.2, 0.25) is 5.91 Å². The zero-order valence-corrected chi connectivity index (χ0v) is 19.3. The minimum atomic E-state index is -4.48. The molecule has 1 atom stereocenters. The van der Waals surface area contributed by atoms with Gasteiger partial charge >= 0.3 is 6.18 Å². The summed E-state index contributed by atoms with van der Waals surface area (Å²) in [5.41, 5.74) is 2.03. The number of hydrogen-bond donors (Lipinski definition) is 1. The monoisotopic (exact) mass is 497 g/mol. The van der Waals surface area contributed by atoms with Gasteiger partial charge in [-0.15, -0.1) is 0 Å². The van der Waals surface area contributed by atoms with E-state index in [1.807, 2.05) is 12.1 Å². The highest BCUT2D eigenvalue weighted by molar-refractivity contribution is 5.99. The van der Waals surface area contributed by atoms with Crippen LogP contribution in [-0.4, -0.2) is 42.0 Å². The molecule has 1 N–H and O–H groups in total. The number of alkyl halides is 3. The lowest BCUT2D eigenvalue weighted by Crippen LogP contribution is -2.35. The van der Waals surface area contributed by atoms with E-state index < -0.39 is 17.8 Å². The summed E-state index contributed by atoms with van der Waals surface area (Å²) in [6.45, 7) is 0.773. The topological polar surface area (TPSA) is 80.8 Å². The first kappa shape index (κ1) is 23.7. The van der Waals surface area contributed by atoms with Gasteiger partial charge in [-0.25, -0.2) is 0 Å². The maximum Gasteiger partial charge on any atom is 0.417 e. The highest BCUT2D eigenvalue weighted by atomic mass is 19.4. The van der Waals surface area contributed by atoms with Gasteiger partial charge in [0.1, 0.15) is 6.61 Å². The summed E-state index contributed by atoms with van der Waals surface area (Å²) < 4.78 is 50.2. The number of benzene rings is 2. The molecule has 0 bridgehead atoms. The molecular weight excluding hydrogens is 475 g/mol. The van der Waals surface area contributed by atoms with Crippen LogP contribution in [0.15, 0.2) is 54.7 Å². The van der Waals surface area contributed by atoms with Gasteiger partial charge in [-0.2, -0.15) is 13.2 Å². The second-order valence-corrected chi connectivity index (χ2v) is 8.58. The number of carbonyl (C=O) groups is 2. The van der Waals surface area contributed by atoms with Crippen molar-refractivity contribution in [2.45, 2.75) is 25.2 Å². The van der Waals surface area contributed by atoms with Crippen molar-refractivity contribution in [2.24, 2.45) is 0 Å². The molecule has 2 aliphatic heterocycles. The number of amides is 2. The number of ether oxygens (including phenoxy) is 2. The molecule has 1 aromatic heterocycles. The van der Waals surface area contributed by atoms with E-state index in [0.29, 0.717) is 40.4 Å². The second kappa shape index (κ2) is 9.18. The Morgan fingerprint density at radius 1 is 1.22 bits per heavy atom. The highest BCUT2D eigenvalue weighted by Crippen LogP contribution is 2.39. The first-order chi connectivity index (χ1) is 17.2. The molecule has 10 heteroatoms. The quantitative estimate of drug-likeness (QED) is 0.579. The Morgan fingerprint density at radius 2 is 2.03 bits per heavy atom. The SMILES string of the molecule is COc1cc(-c2ccc(C(F)(F)F)cn2)cc2c1OCCN(C(=O)CC1NC(=O)c3ccccc31)C2. The molecular formula is C26H22F3N3O4. The third-order valence-electron chi connectivity index (χ3n) is 6.32. The van der Waals surface area contributed by atoms with Crippen LogP contribution in [-0.2, 0) is 17.5 Å². The normalized spacial score (nSPS) is 16.9. The minimum Gasteiger partial charge on any atom is -0.493 e. The number of hydrogen-bond acceptors (Lipinski definition) is 5. The fraction of sp³-hybridized carbons (Fsp3) is 0.269. The molecule has 3 aromatic rings. The van der Waals surface area contributed by atoms with E-state index in [0.717, 1.165) is 17.8 Å². The van der Waals surface area contributed by atoms with Crippen LogP contribution in [0.4, 0.5) is 13.2 Å². The van der Waals surface area contributed by atoms with Crippen molar-refractivity contribution in [2.75, 3.05) is 20.3 Å². The third kappa shape index (κ3) is 4.46. The van der Waals surface area contributed by atoms with E-state index in [-0.39, 0.29) is 31.4 Å². The fourth-order valence-corrected chi connectivity index (χ4v) is 4.51. The number of nitrogens with zero attached hydrogens (tertiary/aromatic N) is 2. The van der Waals surface area contributed by atoms with E-state index in [2.05, 4.69) is 10.3 Å². The molecule has 0 saturated heterocycles. The van der Waals surface area contributed by atoms with E-state index in [1.54, 1.807) is 29.2 Å². The molecule has 2 aliphatic rings. The Bertz CT molecular complexity index is 1320. The Kier molecular flexibility index (Phi) is 6.03. The number of methoxy groups -OCH3 is 1. The maximum absolute atomic E-state index is 13.2. The molecule has 5 rings (SSSR count). The van der Waals surface area contributed by atoms with Crippen LogP contribution in [0.2, 0.25) is 0 Å². The maximum atomic E-state index is 13.2. The number of rotatable bonds is 4. The van der Waals surface area contributed by atoms with Crippen LogP contribution in [0.5, 0.6) is 11.5 Å². The molecule has 0 saturated carbocycles. The Labute approximate surface area is 204 Å². The van der Waals surface area contributed by atoms with Gasteiger partial charge in [-0.3, -0.25) is 14.6 Å². The molecule has 0 fully saturated rings. The van der Waals surface area contributed by atoms with Crippen molar-refractivity contribution in [1.29, 1.82) is 0 Å². The van der Waals surface area contributed by atoms with Crippen LogP contribution < -0.4 is 14.8 Å². The third-order valence-corrected chi connectivity index (χ3v) is 6.32. The molecule has 0 aliphatic carbocycles. The summed E-state index contributed by atoms with van der Waals surface area (Å²) in [7, 11) is 1.47. The van der Waals surface area contributed by atoms with Gasteiger partial charge in [0, 0.05) is 29.4 Å². The van der Waals surface area contributed by atoms with Crippen LogP contribution in [0.1, 0.15) is 39.5 Å². The lowest BCUT2D eigenvalue weighted by atomic mass is 10.0. The molecule has 3 heterocycles. The van der Waals surface area contributed by atoms with Gasteiger partial charge < -0.3 is 19.7 Å². The average molecular weight is 497 g/mol. The predicted molar refractivity (Wildman–Crippen MR) is 123 cm³/mol. The number of carbonyl (C=O) groups excluding carboxylic acids is 2. The molecule has 7 nitrogen and oxygen atoms in total. The lowest BCUT2D eigenvalue weighted by molar-refractivity contribution is -0.137. The summed E-state index contributed by atoms with van der Waals surface area (Å²) in [6, 6.07) is 12.4. The van der Waals surface area contributed by atoms with Crippen molar-refractivity contribution in [1.82, 2.24) is 15.2 Å². The van der Waals surface area contributed by atoms with E-state index >= 15 is 0 Å². The number of aromatic nitrogens is 1. The molecule has 0 radical (unpaired) electrons. The fourth-order valence-electron chi connectivity index (χ4n) is 4.51. The summed E-state index contributed by atoms with van der Waals surface area (Å²) in [5, 5.41) is 2.86. The minimum absolute atomic E-state index is 0.0926. The smallest absolute Gasteiger partial charge is 0.417 e. The van der Waals surface area contributed by atoms with Crippen LogP contribution in [0.25, 0.3) is 11.3 Å². The summed E-state index contributed by atoms with van der Waals surface area (Å²) in [5.74, 6) is 0.510. The van der Waals surface area contributed by atoms with Crippen molar-refractivity contribution in [3.8, 4) is 22.8 Å². The first-order valence-electron chi connectivity index (χ1n) is 11.3. The van der Waals surface area contributed by atoms with Crippen LogP contribution in [0, 0.1) is 0 Å². The van der Waals surface area contributed by atoms with Gasteiger partial charge in [0.15, 0.2) is 11.5 Å². The van der Waals surface area contributed by atoms with E-state index in [9.17, 15) is 22.8 Å². The van der Waals surface area contributed by atoms with Gasteiger partial charge in [-0.05, 0) is 35.9 Å². The molecule has 2 aromatic carbocycles. The zero-order chi connectivity index (χ0) is 25.4. The Hall–Kier alpha value is -4.08. The molecule has 1 unspecified atom stereocenters. The number of pyridine rings is 1. The molecule has 0 spiro atoms. The standard InChI is InChI=1S/C26H22F3N3O4/c1-35-22-11-15(20-7-6-17(13-30-20)26(27,28)29)10-16-14-32(8-9-36-24(16)22)23(33)12-21-18-4-2-3-5-19(18)25(34)31-21/h2-7,10-11,13,21H,8-9,12,14H2,1H3,(H,31,34). The number of nitrogens with one attached hydrogen (secondary N) is 1. The largest absolute Gasteiger partial charge is 0.493 e. The summed E-state index contributed by atoms with van der Waals surface area (Å²) >= 11 is 0. The molecule has 186 valence electrons. The van der Waals surface area contributed by atoms with Crippen LogP contribution in [0.3, 0.4) is 0 Å². The van der Waals surface area contributed by atoms with Gasteiger partial charge in [-0.1, -0.05) is 18.2 Å². The van der Waals surface area contributed by atoms with Gasteiger partial charge in [0.05, 0.1) is 37.4 Å². The van der Waals surface area contributed by atoms with Crippen molar-refractivity contribution in [3.05, 3.63) is 77.0 Å². The first-order valence-corrected chi connectivity index (χ1v) is 11.3. The summed E-state index contributed by atoms with van der Waals surface area (Å²) in [4.78, 5) is 31.1. The predicted octanol–water partition coefficient (Wildman–Crippen LogP) is 4.37.